The molecule has 0 unspecified atom stereocenters. The first-order valence-corrected chi connectivity index (χ1v) is 6.52. The molecule has 1 saturated carbocycles. The molecule has 1 fully saturated rings. The van der Waals surface area contributed by atoms with E-state index in [1.54, 1.807) is 0 Å². The smallest absolute Gasteiger partial charge is 0.126 e. The highest BCUT2D eigenvalue weighted by atomic mass is 16.3. The molecular weight excluding hydrogens is 226 g/mol. The van der Waals surface area contributed by atoms with Crippen molar-refractivity contribution in [3.05, 3.63) is 41.1 Å². The maximum atomic E-state index is 5.88. The molecule has 0 aliphatic heterocycles. The van der Waals surface area contributed by atoms with Gasteiger partial charge in [0.05, 0.1) is 18.8 Å². The van der Waals surface area contributed by atoms with Crippen molar-refractivity contribution in [3.8, 4) is 0 Å². The van der Waals surface area contributed by atoms with Gasteiger partial charge in [0.1, 0.15) is 11.5 Å². The number of furan rings is 1. The lowest BCUT2D eigenvalue weighted by Crippen LogP contribution is -2.15. The third-order valence-corrected chi connectivity index (χ3v) is 3.29. The molecule has 1 aliphatic carbocycles. The summed E-state index contributed by atoms with van der Waals surface area (Å²) >= 11 is 0. The van der Waals surface area contributed by atoms with Crippen LogP contribution >= 0.6 is 0 Å². The Balaban J connectivity index is 1.66. The molecule has 1 N–H and O–H groups in total. The summed E-state index contributed by atoms with van der Waals surface area (Å²) in [5.74, 6) is 2.03. The normalized spacial score (nSPS) is 15.2. The van der Waals surface area contributed by atoms with Gasteiger partial charge >= 0.3 is 0 Å². The molecule has 3 rings (SSSR count). The molecule has 2 heterocycles. The molecular formula is C14H19N3O. The minimum absolute atomic E-state index is 0.706. The van der Waals surface area contributed by atoms with Gasteiger partial charge in [-0.3, -0.25) is 4.68 Å². The van der Waals surface area contributed by atoms with Crippen molar-refractivity contribution < 1.29 is 4.42 Å². The lowest BCUT2D eigenvalue weighted by atomic mass is 10.2. The van der Waals surface area contributed by atoms with Crippen molar-refractivity contribution in [2.45, 2.75) is 45.8 Å². The second-order valence-corrected chi connectivity index (χ2v) is 5.13. The summed E-state index contributed by atoms with van der Waals surface area (Å²) in [6, 6.07) is 4.83. The quantitative estimate of drug-likeness (QED) is 0.879. The largest absolute Gasteiger partial charge is 0.462 e. The van der Waals surface area contributed by atoms with Crippen LogP contribution in [-0.2, 0) is 13.1 Å². The summed E-state index contributed by atoms with van der Waals surface area (Å²) in [6.07, 6.45) is 4.59. The van der Waals surface area contributed by atoms with E-state index in [9.17, 15) is 0 Å². The van der Waals surface area contributed by atoms with Crippen molar-refractivity contribution in [1.29, 1.82) is 0 Å². The Morgan fingerprint density at radius 3 is 2.94 bits per heavy atom. The van der Waals surface area contributed by atoms with Crippen LogP contribution in [0, 0.1) is 13.8 Å². The monoisotopic (exact) mass is 245 g/mol. The third kappa shape index (κ3) is 2.64. The average Bonchev–Trinajstić information content (AvgIpc) is 2.98. The van der Waals surface area contributed by atoms with Gasteiger partial charge in [0.15, 0.2) is 0 Å². The van der Waals surface area contributed by atoms with Crippen molar-refractivity contribution in [2.75, 3.05) is 0 Å². The minimum Gasteiger partial charge on any atom is -0.462 e. The lowest BCUT2D eigenvalue weighted by Gasteiger charge is -2.00. The van der Waals surface area contributed by atoms with Crippen molar-refractivity contribution in [1.82, 2.24) is 15.1 Å². The van der Waals surface area contributed by atoms with E-state index in [4.69, 9.17) is 4.42 Å². The summed E-state index contributed by atoms with van der Waals surface area (Å²) in [5.41, 5.74) is 2.26. The second kappa shape index (κ2) is 4.61. The zero-order chi connectivity index (χ0) is 12.5. The predicted molar refractivity (Wildman–Crippen MR) is 69.4 cm³/mol. The molecule has 2 aromatic heterocycles. The van der Waals surface area contributed by atoms with Crippen LogP contribution in [-0.4, -0.2) is 15.8 Å². The van der Waals surface area contributed by atoms with Crippen LogP contribution in [0.4, 0.5) is 0 Å². The second-order valence-electron chi connectivity index (χ2n) is 5.13. The zero-order valence-electron chi connectivity index (χ0n) is 10.9. The number of nitrogens with one attached hydrogen (secondary N) is 1. The fourth-order valence-electron chi connectivity index (χ4n) is 2.08. The van der Waals surface area contributed by atoms with Crippen LogP contribution in [0.25, 0.3) is 0 Å². The molecule has 0 spiro atoms. The Hall–Kier alpha value is -1.55. The molecule has 0 radical (unpaired) electrons. The van der Waals surface area contributed by atoms with Gasteiger partial charge in [-0.25, -0.2) is 0 Å². The molecule has 18 heavy (non-hydrogen) atoms. The van der Waals surface area contributed by atoms with Gasteiger partial charge in [0.25, 0.3) is 0 Å². The molecule has 4 nitrogen and oxygen atoms in total. The molecule has 1 aliphatic rings. The van der Waals surface area contributed by atoms with E-state index in [2.05, 4.69) is 23.4 Å². The Labute approximate surface area is 107 Å². The van der Waals surface area contributed by atoms with Gasteiger partial charge in [-0.05, 0) is 44.4 Å². The van der Waals surface area contributed by atoms with Crippen LogP contribution in [0.15, 0.2) is 22.7 Å². The Morgan fingerprint density at radius 2 is 2.28 bits per heavy atom. The maximum absolute atomic E-state index is 5.88. The van der Waals surface area contributed by atoms with Gasteiger partial charge < -0.3 is 9.73 Å². The van der Waals surface area contributed by atoms with E-state index in [1.165, 1.54) is 18.4 Å². The summed E-state index contributed by atoms with van der Waals surface area (Å²) < 4.78 is 7.79. The summed E-state index contributed by atoms with van der Waals surface area (Å²) in [6.45, 7) is 5.65. The molecule has 0 aromatic carbocycles. The average molecular weight is 245 g/mol. The highest BCUT2D eigenvalue weighted by Crippen LogP contribution is 2.21. The molecule has 96 valence electrons. The van der Waals surface area contributed by atoms with Crippen LogP contribution in [0.1, 0.15) is 35.6 Å². The molecule has 2 aromatic rings. The molecule has 4 heteroatoms. The molecule has 0 atom stereocenters. The first kappa shape index (κ1) is 11.5. The van der Waals surface area contributed by atoms with Crippen molar-refractivity contribution >= 4 is 0 Å². The van der Waals surface area contributed by atoms with E-state index in [1.807, 2.05) is 23.9 Å². The fourth-order valence-corrected chi connectivity index (χ4v) is 2.08. The first-order valence-electron chi connectivity index (χ1n) is 6.52. The zero-order valence-corrected chi connectivity index (χ0v) is 10.9. The number of aromatic nitrogens is 2. The number of rotatable bonds is 5. The molecule has 0 amide bonds. The molecule has 0 saturated heterocycles. The molecule has 0 bridgehead atoms. The lowest BCUT2D eigenvalue weighted by molar-refractivity contribution is 0.428. The van der Waals surface area contributed by atoms with Crippen LogP contribution in [0.2, 0.25) is 0 Å². The number of hydrogen-bond donors (Lipinski definition) is 1. The van der Waals surface area contributed by atoms with Crippen LogP contribution in [0.5, 0.6) is 0 Å². The Morgan fingerprint density at radius 1 is 1.44 bits per heavy atom. The Bertz CT molecular complexity index is 537. The van der Waals surface area contributed by atoms with Crippen molar-refractivity contribution in [2.24, 2.45) is 0 Å². The first-order chi connectivity index (χ1) is 8.70. The van der Waals surface area contributed by atoms with Gasteiger partial charge in [-0.15, -0.1) is 0 Å². The summed E-state index contributed by atoms with van der Waals surface area (Å²) in [4.78, 5) is 0. The van der Waals surface area contributed by atoms with Gasteiger partial charge in [-0.2, -0.15) is 5.10 Å². The SMILES string of the molecule is Cc1ccn(Cc2cc(C)c(CNC3CC3)o2)n1. The van der Waals surface area contributed by atoms with Gasteiger partial charge in [0, 0.05) is 12.2 Å². The van der Waals surface area contributed by atoms with Crippen LogP contribution < -0.4 is 5.32 Å². The highest BCUT2D eigenvalue weighted by molar-refractivity contribution is 5.20. The van der Waals surface area contributed by atoms with E-state index in [0.29, 0.717) is 12.6 Å². The van der Waals surface area contributed by atoms with Gasteiger partial charge in [0.2, 0.25) is 0 Å². The minimum atomic E-state index is 0.706. The standard InChI is InChI=1S/C14H19N3O/c1-10-7-13(9-17-6-5-11(2)16-17)18-14(10)8-15-12-3-4-12/h5-7,12,15H,3-4,8-9H2,1-2H3. The number of aryl methyl sites for hydroxylation is 2. The number of hydrogen-bond acceptors (Lipinski definition) is 3. The van der Waals surface area contributed by atoms with Gasteiger partial charge in [-0.1, -0.05) is 0 Å². The fraction of sp³-hybridized carbons (Fsp3) is 0.500. The number of nitrogens with zero attached hydrogens (tertiary/aromatic N) is 2. The summed E-state index contributed by atoms with van der Waals surface area (Å²) in [5, 5.41) is 7.85. The van der Waals surface area contributed by atoms with E-state index in [0.717, 1.165) is 23.8 Å². The van der Waals surface area contributed by atoms with Crippen molar-refractivity contribution in [3.63, 3.8) is 0 Å². The predicted octanol–water partition coefficient (Wildman–Crippen LogP) is 2.39. The topological polar surface area (TPSA) is 43.0 Å². The van der Waals surface area contributed by atoms with E-state index in [-0.39, 0.29) is 0 Å². The van der Waals surface area contributed by atoms with E-state index >= 15 is 0 Å². The maximum Gasteiger partial charge on any atom is 0.126 e. The summed E-state index contributed by atoms with van der Waals surface area (Å²) in [7, 11) is 0. The van der Waals surface area contributed by atoms with Crippen LogP contribution in [0.3, 0.4) is 0 Å². The third-order valence-electron chi connectivity index (χ3n) is 3.29. The highest BCUT2D eigenvalue weighted by Gasteiger charge is 2.21. The van der Waals surface area contributed by atoms with E-state index < -0.39 is 0 Å². The Kier molecular flexibility index (Phi) is 2.96.